The van der Waals surface area contributed by atoms with Gasteiger partial charge in [0, 0.05) is 0 Å². The Labute approximate surface area is 122 Å². The van der Waals surface area contributed by atoms with Gasteiger partial charge in [0.25, 0.3) is 5.91 Å². The third-order valence-electron chi connectivity index (χ3n) is 2.76. The maximum absolute atomic E-state index is 11.3. The van der Waals surface area contributed by atoms with E-state index in [4.69, 9.17) is 4.74 Å². The molecular formula is C16H15NO4. The molecule has 0 saturated carbocycles. The van der Waals surface area contributed by atoms with Gasteiger partial charge < -0.3 is 9.47 Å². The van der Waals surface area contributed by atoms with Gasteiger partial charge >= 0.3 is 6.09 Å². The van der Waals surface area contributed by atoms with Crippen LogP contribution < -0.4 is 10.1 Å². The summed E-state index contributed by atoms with van der Waals surface area (Å²) in [6, 6.07) is 17.3. The molecule has 21 heavy (non-hydrogen) atoms. The van der Waals surface area contributed by atoms with Crippen molar-refractivity contribution in [1.82, 2.24) is 5.32 Å². The molecule has 0 radical (unpaired) electrons. The second-order valence-corrected chi connectivity index (χ2v) is 4.22. The first-order chi connectivity index (χ1) is 10.2. The lowest BCUT2D eigenvalue weighted by molar-refractivity contribution is -0.122. The molecule has 5 heteroatoms. The topological polar surface area (TPSA) is 64.6 Å². The van der Waals surface area contributed by atoms with Crippen LogP contribution in [0.5, 0.6) is 5.75 Å². The summed E-state index contributed by atoms with van der Waals surface area (Å²) >= 11 is 0. The van der Waals surface area contributed by atoms with Crippen LogP contribution in [0.1, 0.15) is 0 Å². The van der Waals surface area contributed by atoms with Crippen molar-refractivity contribution < 1.29 is 19.1 Å². The number of imide groups is 1. The third-order valence-corrected chi connectivity index (χ3v) is 2.76. The second-order valence-electron chi connectivity index (χ2n) is 4.22. The SMILES string of the molecule is COC(=O)NC(=O)COc1ccc(-c2ccccc2)cc1. The highest BCUT2D eigenvalue weighted by atomic mass is 16.5. The maximum Gasteiger partial charge on any atom is 0.413 e. The normalized spacial score (nSPS) is 9.76. The van der Waals surface area contributed by atoms with E-state index < -0.39 is 12.0 Å². The first kappa shape index (κ1) is 14.6. The Bertz CT molecular complexity index is 608. The molecule has 0 heterocycles. The van der Waals surface area contributed by atoms with Crippen LogP contribution in [0.15, 0.2) is 54.6 Å². The van der Waals surface area contributed by atoms with Crippen LogP contribution >= 0.6 is 0 Å². The number of benzene rings is 2. The monoisotopic (exact) mass is 285 g/mol. The minimum atomic E-state index is -0.803. The number of rotatable bonds is 4. The summed E-state index contributed by atoms with van der Waals surface area (Å²) in [6.45, 7) is -0.250. The van der Waals surface area contributed by atoms with Gasteiger partial charge in [-0.25, -0.2) is 4.79 Å². The quantitative estimate of drug-likeness (QED) is 0.937. The molecule has 0 unspecified atom stereocenters. The highest BCUT2D eigenvalue weighted by Gasteiger charge is 2.08. The van der Waals surface area contributed by atoms with E-state index in [2.05, 4.69) is 4.74 Å². The number of hydrogen-bond acceptors (Lipinski definition) is 4. The Morgan fingerprint density at radius 1 is 0.952 bits per heavy atom. The van der Waals surface area contributed by atoms with E-state index >= 15 is 0 Å². The van der Waals surface area contributed by atoms with E-state index in [0.29, 0.717) is 5.75 Å². The molecule has 0 spiro atoms. The molecule has 2 aromatic rings. The lowest BCUT2D eigenvalue weighted by atomic mass is 10.1. The Morgan fingerprint density at radius 3 is 2.19 bits per heavy atom. The van der Waals surface area contributed by atoms with E-state index in [1.807, 2.05) is 47.8 Å². The average molecular weight is 285 g/mol. The fraction of sp³-hybridized carbons (Fsp3) is 0.125. The van der Waals surface area contributed by atoms with Gasteiger partial charge in [-0.2, -0.15) is 0 Å². The standard InChI is InChI=1S/C16H15NO4/c1-20-16(19)17-15(18)11-21-14-9-7-13(8-10-14)12-5-3-2-4-6-12/h2-10H,11H2,1H3,(H,17,18,19). The largest absolute Gasteiger partial charge is 0.484 e. The molecule has 0 bridgehead atoms. The molecule has 0 saturated heterocycles. The Hall–Kier alpha value is -2.82. The number of methoxy groups -OCH3 is 1. The predicted octanol–water partition coefficient (Wildman–Crippen LogP) is 2.62. The average Bonchev–Trinajstić information content (AvgIpc) is 2.54. The summed E-state index contributed by atoms with van der Waals surface area (Å²) in [5.41, 5.74) is 2.16. The first-order valence-electron chi connectivity index (χ1n) is 6.35. The van der Waals surface area contributed by atoms with E-state index in [0.717, 1.165) is 11.1 Å². The summed E-state index contributed by atoms with van der Waals surface area (Å²) in [7, 11) is 1.19. The molecule has 0 aromatic heterocycles. The number of carbonyl (C=O) groups excluding carboxylic acids is 2. The minimum Gasteiger partial charge on any atom is -0.484 e. The van der Waals surface area contributed by atoms with Gasteiger partial charge in [0.1, 0.15) is 5.75 Å². The highest BCUT2D eigenvalue weighted by Crippen LogP contribution is 2.21. The lowest BCUT2D eigenvalue weighted by Gasteiger charge is -2.07. The lowest BCUT2D eigenvalue weighted by Crippen LogP contribution is -2.34. The fourth-order valence-electron chi connectivity index (χ4n) is 1.72. The maximum atomic E-state index is 11.3. The number of nitrogens with one attached hydrogen (secondary N) is 1. The summed E-state index contributed by atoms with van der Waals surface area (Å²) in [5, 5.41) is 2.01. The summed E-state index contributed by atoms with van der Waals surface area (Å²) in [6.07, 6.45) is -0.803. The molecule has 1 N–H and O–H groups in total. The Kier molecular flexibility index (Phi) is 4.93. The molecule has 108 valence electrons. The van der Waals surface area contributed by atoms with Gasteiger partial charge in [0.15, 0.2) is 6.61 Å². The van der Waals surface area contributed by atoms with Crippen molar-refractivity contribution in [3.63, 3.8) is 0 Å². The minimum absolute atomic E-state index is 0.250. The molecule has 0 aliphatic rings. The molecule has 5 nitrogen and oxygen atoms in total. The van der Waals surface area contributed by atoms with Crippen molar-refractivity contribution in [3.05, 3.63) is 54.6 Å². The number of carbonyl (C=O) groups is 2. The van der Waals surface area contributed by atoms with Crippen LogP contribution in [0, 0.1) is 0 Å². The zero-order valence-corrected chi connectivity index (χ0v) is 11.5. The third kappa shape index (κ3) is 4.35. The molecule has 0 fully saturated rings. The molecule has 2 aromatic carbocycles. The van der Waals surface area contributed by atoms with E-state index in [1.54, 1.807) is 12.1 Å². The molecular weight excluding hydrogens is 270 g/mol. The zero-order chi connectivity index (χ0) is 15.1. The predicted molar refractivity (Wildman–Crippen MR) is 77.9 cm³/mol. The zero-order valence-electron chi connectivity index (χ0n) is 11.5. The van der Waals surface area contributed by atoms with Gasteiger partial charge in [-0.1, -0.05) is 42.5 Å². The van der Waals surface area contributed by atoms with E-state index in [-0.39, 0.29) is 6.61 Å². The highest BCUT2D eigenvalue weighted by molar-refractivity contribution is 5.92. The molecule has 2 amide bonds. The van der Waals surface area contributed by atoms with Crippen LogP contribution in [0.4, 0.5) is 4.79 Å². The van der Waals surface area contributed by atoms with Crippen molar-refractivity contribution in [3.8, 4) is 16.9 Å². The van der Waals surface area contributed by atoms with Crippen molar-refractivity contribution >= 4 is 12.0 Å². The number of alkyl carbamates (subject to hydrolysis) is 1. The van der Waals surface area contributed by atoms with Crippen LogP contribution in [-0.2, 0) is 9.53 Å². The summed E-state index contributed by atoms with van der Waals surface area (Å²) < 4.78 is 9.60. The fourth-order valence-corrected chi connectivity index (χ4v) is 1.72. The van der Waals surface area contributed by atoms with Gasteiger partial charge in [0.2, 0.25) is 0 Å². The van der Waals surface area contributed by atoms with Crippen LogP contribution in [0.3, 0.4) is 0 Å². The molecule has 0 aliphatic heterocycles. The van der Waals surface area contributed by atoms with Crippen molar-refractivity contribution in [2.24, 2.45) is 0 Å². The number of ether oxygens (including phenoxy) is 2. The van der Waals surface area contributed by atoms with Crippen LogP contribution in [0.25, 0.3) is 11.1 Å². The first-order valence-corrected chi connectivity index (χ1v) is 6.35. The van der Waals surface area contributed by atoms with Crippen LogP contribution in [0.2, 0.25) is 0 Å². The van der Waals surface area contributed by atoms with Crippen molar-refractivity contribution in [2.75, 3.05) is 13.7 Å². The van der Waals surface area contributed by atoms with E-state index in [1.165, 1.54) is 7.11 Å². The smallest absolute Gasteiger partial charge is 0.413 e. The Morgan fingerprint density at radius 2 is 1.57 bits per heavy atom. The van der Waals surface area contributed by atoms with Crippen molar-refractivity contribution in [2.45, 2.75) is 0 Å². The molecule has 0 aliphatic carbocycles. The van der Waals surface area contributed by atoms with Crippen LogP contribution in [-0.4, -0.2) is 25.7 Å². The van der Waals surface area contributed by atoms with Crippen molar-refractivity contribution in [1.29, 1.82) is 0 Å². The molecule has 0 atom stereocenters. The second kappa shape index (κ2) is 7.09. The van der Waals surface area contributed by atoms with Gasteiger partial charge in [-0.3, -0.25) is 10.1 Å². The number of amides is 2. The van der Waals surface area contributed by atoms with Gasteiger partial charge in [-0.05, 0) is 23.3 Å². The van der Waals surface area contributed by atoms with Gasteiger partial charge in [0.05, 0.1) is 7.11 Å². The van der Waals surface area contributed by atoms with Gasteiger partial charge in [-0.15, -0.1) is 0 Å². The molecule has 2 rings (SSSR count). The summed E-state index contributed by atoms with van der Waals surface area (Å²) in [4.78, 5) is 22.2. The summed E-state index contributed by atoms with van der Waals surface area (Å²) in [5.74, 6) is -0.0105. The van der Waals surface area contributed by atoms with E-state index in [9.17, 15) is 9.59 Å². The Balaban J connectivity index is 1.91. The number of hydrogen-bond donors (Lipinski definition) is 1.